The molecule has 3 rings (SSSR count). The molecule has 0 fully saturated rings. The lowest BCUT2D eigenvalue weighted by Crippen LogP contribution is -2.16. The highest BCUT2D eigenvalue weighted by Crippen LogP contribution is 2.25. The third kappa shape index (κ3) is 4.54. The first-order chi connectivity index (χ1) is 12.5. The lowest BCUT2D eigenvalue weighted by molar-refractivity contribution is 0.622. The molecule has 0 bridgehead atoms. The molecule has 0 aliphatic heterocycles. The molecule has 2 heterocycles. The minimum absolute atomic E-state index is 0.229. The maximum atomic E-state index is 13.8. The molecule has 134 valence electrons. The van der Waals surface area contributed by atoms with Crippen molar-refractivity contribution in [3.63, 3.8) is 0 Å². The van der Waals surface area contributed by atoms with Crippen molar-refractivity contribution in [2.45, 2.75) is 26.3 Å². The van der Waals surface area contributed by atoms with Gasteiger partial charge in [0.15, 0.2) is 0 Å². The number of anilines is 3. The standard InChI is InChI=1S/C19H19BrFN5/c1-3-12(2)23-19-25-17(16-6-4-5-9-22-16)11-18(26-19)24-13-7-8-14(20)15(21)10-13/h4-12H,3H2,1-2H3,(H2,23,24,25,26)/t12-/m0/s1. The molecular weight excluding hydrogens is 397 g/mol. The van der Waals surface area contributed by atoms with Gasteiger partial charge in [0.05, 0.1) is 15.9 Å². The third-order valence-corrected chi connectivity index (χ3v) is 4.48. The van der Waals surface area contributed by atoms with Crippen molar-refractivity contribution in [1.29, 1.82) is 0 Å². The van der Waals surface area contributed by atoms with Crippen LogP contribution in [0, 0.1) is 5.82 Å². The van der Waals surface area contributed by atoms with Gasteiger partial charge >= 0.3 is 0 Å². The van der Waals surface area contributed by atoms with E-state index in [0.29, 0.717) is 27.6 Å². The van der Waals surface area contributed by atoms with E-state index in [2.05, 4.69) is 55.4 Å². The van der Waals surface area contributed by atoms with Crippen LogP contribution in [0.2, 0.25) is 0 Å². The number of benzene rings is 1. The first-order valence-electron chi connectivity index (χ1n) is 8.34. The molecule has 0 aliphatic rings. The molecule has 0 aliphatic carbocycles. The average molecular weight is 416 g/mol. The summed E-state index contributed by atoms with van der Waals surface area (Å²) in [6.07, 6.45) is 2.66. The second-order valence-electron chi connectivity index (χ2n) is 5.88. The van der Waals surface area contributed by atoms with Crippen LogP contribution in [0.1, 0.15) is 20.3 Å². The average Bonchev–Trinajstić information content (AvgIpc) is 2.65. The van der Waals surface area contributed by atoms with Crippen LogP contribution in [0.25, 0.3) is 11.4 Å². The van der Waals surface area contributed by atoms with Gasteiger partial charge in [0.2, 0.25) is 5.95 Å². The number of hydrogen-bond donors (Lipinski definition) is 2. The van der Waals surface area contributed by atoms with E-state index in [0.717, 1.165) is 12.1 Å². The second-order valence-corrected chi connectivity index (χ2v) is 6.74. The molecule has 26 heavy (non-hydrogen) atoms. The zero-order chi connectivity index (χ0) is 18.5. The van der Waals surface area contributed by atoms with Gasteiger partial charge in [-0.1, -0.05) is 13.0 Å². The van der Waals surface area contributed by atoms with Gasteiger partial charge in [0.1, 0.15) is 11.6 Å². The molecule has 0 saturated heterocycles. The van der Waals surface area contributed by atoms with Gasteiger partial charge < -0.3 is 10.6 Å². The Morgan fingerprint density at radius 2 is 1.96 bits per heavy atom. The van der Waals surface area contributed by atoms with E-state index in [4.69, 9.17) is 0 Å². The van der Waals surface area contributed by atoms with Gasteiger partial charge in [0.25, 0.3) is 0 Å². The quantitative estimate of drug-likeness (QED) is 0.564. The highest BCUT2D eigenvalue weighted by molar-refractivity contribution is 9.10. The summed E-state index contributed by atoms with van der Waals surface area (Å²) in [6.45, 7) is 4.15. The van der Waals surface area contributed by atoms with Crippen LogP contribution in [-0.2, 0) is 0 Å². The van der Waals surface area contributed by atoms with Gasteiger partial charge in [-0.25, -0.2) is 9.37 Å². The van der Waals surface area contributed by atoms with Crippen LogP contribution in [0.3, 0.4) is 0 Å². The highest BCUT2D eigenvalue weighted by Gasteiger charge is 2.10. The maximum Gasteiger partial charge on any atom is 0.225 e. The highest BCUT2D eigenvalue weighted by atomic mass is 79.9. The fraction of sp³-hybridized carbons (Fsp3) is 0.211. The Morgan fingerprint density at radius 3 is 2.65 bits per heavy atom. The summed E-state index contributed by atoms with van der Waals surface area (Å²) in [5, 5.41) is 6.41. The van der Waals surface area contributed by atoms with Crippen LogP contribution in [-0.4, -0.2) is 21.0 Å². The van der Waals surface area contributed by atoms with E-state index in [-0.39, 0.29) is 11.9 Å². The smallest absolute Gasteiger partial charge is 0.225 e. The van der Waals surface area contributed by atoms with E-state index >= 15 is 0 Å². The molecule has 3 aromatic rings. The molecule has 0 unspecified atom stereocenters. The monoisotopic (exact) mass is 415 g/mol. The Bertz CT molecular complexity index is 888. The van der Waals surface area contributed by atoms with Crippen molar-refractivity contribution in [1.82, 2.24) is 15.0 Å². The second kappa shape index (κ2) is 8.23. The summed E-state index contributed by atoms with van der Waals surface area (Å²) in [6, 6.07) is 12.5. The van der Waals surface area contributed by atoms with Gasteiger partial charge in [-0.05, 0) is 59.6 Å². The predicted octanol–water partition coefficient (Wildman–Crippen LogP) is 5.39. The number of rotatable bonds is 6. The summed E-state index contributed by atoms with van der Waals surface area (Å²) in [4.78, 5) is 13.4. The van der Waals surface area contributed by atoms with Crippen molar-refractivity contribution < 1.29 is 4.39 Å². The summed E-state index contributed by atoms with van der Waals surface area (Å²) in [5.41, 5.74) is 2.03. The Labute approximate surface area is 160 Å². The van der Waals surface area contributed by atoms with Crippen molar-refractivity contribution in [3.05, 3.63) is 59.0 Å². The third-order valence-electron chi connectivity index (χ3n) is 3.83. The maximum absolute atomic E-state index is 13.8. The van der Waals surface area contributed by atoms with E-state index in [1.54, 1.807) is 24.4 Å². The number of hydrogen-bond acceptors (Lipinski definition) is 5. The first kappa shape index (κ1) is 18.3. The summed E-state index contributed by atoms with van der Waals surface area (Å²) < 4.78 is 14.2. The normalized spacial score (nSPS) is 11.8. The van der Waals surface area contributed by atoms with E-state index < -0.39 is 0 Å². The summed E-state index contributed by atoms with van der Waals surface area (Å²) >= 11 is 3.16. The fourth-order valence-electron chi connectivity index (χ4n) is 2.27. The Kier molecular flexibility index (Phi) is 5.78. The molecule has 1 atom stereocenters. The molecule has 0 amide bonds. The van der Waals surface area contributed by atoms with Crippen LogP contribution in [0.5, 0.6) is 0 Å². The zero-order valence-electron chi connectivity index (χ0n) is 14.5. The van der Waals surface area contributed by atoms with Crippen LogP contribution >= 0.6 is 15.9 Å². The van der Waals surface area contributed by atoms with Crippen molar-refractivity contribution in [3.8, 4) is 11.4 Å². The van der Waals surface area contributed by atoms with Crippen LogP contribution in [0.4, 0.5) is 21.8 Å². The molecule has 0 saturated carbocycles. The number of nitrogens with one attached hydrogen (secondary N) is 2. The van der Waals surface area contributed by atoms with Crippen LogP contribution < -0.4 is 10.6 Å². The molecule has 0 radical (unpaired) electrons. The SMILES string of the molecule is CC[C@H](C)Nc1nc(Nc2ccc(Br)c(F)c2)cc(-c2ccccn2)n1. The molecule has 5 nitrogen and oxygen atoms in total. The topological polar surface area (TPSA) is 62.7 Å². The lowest BCUT2D eigenvalue weighted by atomic mass is 10.2. The number of aromatic nitrogens is 3. The fourth-order valence-corrected chi connectivity index (χ4v) is 2.51. The van der Waals surface area contributed by atoms with Gasteiger partial charge in [0, 0.05) is 24.0 Å². The number of pyridine rings is 1. The Hall–Kier alpha value is -2.54. The van der Waals surface area contributed by atoms with Crippen molar-refractivity contribution >= 4 is 33.4 Å². The Morgan fingerprint density at radius 1 is 1.12 bits per heavy atom. The minimum Gasteiger partial charge on any atom is -0.352 e. The van der Waals surface area contributed by atoms with Crippen molar-refractivity contribution in [2.24, 2.45) is 0 Å². The van der Waals surface area contributed by atoms with Gasteiger partial charge in [-0.2, -0.15) is 4.98 Å². The summed E-state index contributed by atoms with van der Waals surface area (Å²) in [5.74, 6) is 0.725. The molecule has 2 N–H and O–H groups in total. The molecular formula is C19H19BrFN5. The minimum atomic E-state index is -0.341. The summed E-state index contributed by atoms with van der Waals surface area (Å²) in [7, 11) is 0. The van der Waals surface area contributed by atoms with E-state index in [1.807, 2.05) is 18.2 Å². The molecule has 2 aromatic heterocycles. The van der Waals surface area contributed by atoms with Crippen LogP contribution in [0.15, 0.2) is 53.1 Å². The number of halogens is 2. The first-order valence-corrected chi connectivity index (χ1v) is 9.13. The zero-order valence-corrected chi connectivity index (χ0v) is 16.1. The van der Waals surface area contributed by atoms with E-state index in [1.165, 1.54) is 6.07 Å². The molecule has 7 heteroatoms. The molecule has 1 aromatic carbocycles. The van der Waals surface area contributed by atoms with Crippen molar-refractivity contribution in [2.75, 3.05) is 10.6 Å². The number of nitrogens with zero attached hydrogens (tertiary/aromatic N) is 3. The molecule has 0 spiro atoms. The van der Waals surface area contributed by atoms with Gasteiger partial charge in [-0.3, -0.25) is 4.98 Å². The predicted molar refractivity (Wildman–Crippen MR) is 106 cm³/mol. The Balaban J connectivity index is 1.97. The van der Waals surface area contributed by atoms with Gasteiger partial charge in [-0.15, -0.1) is 0 Å². The largest absolute Gasteiger partial charge is 0.352 e. The lowest BCUT2D eigenvalue weighted by Gasteiger charge is -2.14. The van der Waals surface area contributed by atoms with E-state index in [9.17, 15) is 4.39 Å².